The Morgan fingerprint density at radius 1 is 0.812 bits per heavy atom. The van der Waals surface area contributed by atoms with Crippen LogP contribution in [0.25, 0.3) is 10.8 Å². The van der Waals surface area contributed by atoms with Crippen molar-refractivity contribution in [3.8, 4) is 0 Å². The summed E-state index contributed by atoms with van der Waals surface area (Å²) in [5, 5.41) is 4.99. The fourth-order valence-electron chi connectivity index (χ4n) is 1.73. The van der Waals surface area contributed by atoms with Crippen LogP contribution < -0.4 is 0 Å². The first-order valence-corrected chi connectivity index (χ1v) is 7.70. The molecule has 4 heteroatoms. The summed E-state index contributed by atoms with van der Waals surface area (Å²) >= 11 is 19.7. The lowest BCUT2D eigenvalue weighted by atomic mass is 10.0. The number of rotatable bonds is 2. The quantitative estimate of drug-likeness (QED) is 0.564. The summed E-state index contributed by atoms with van der Waals surface area (Å²) in [6.45, 7) is 0. The van der Waals surface area contributed by atoms with Crippen LogP contribution in [-0.2, 0) is 10.7 Å². The van der Waals surface area contributed by atoms with Gasteiger partial charge in [0.05, 0.1) is 10.0 Å². The molecule has 0 unspecified atom stereocenters. The van der Waals surface area contributed by atoms with Crippen molar-refractivity contribution in [1.82, 2.24) is 0 Å². The SMILES string of the molecule is Clc1c(CBr)c(CBr)c(Cl)c2ccccc12. The highest BCUT2D eigenvalue weighted by atomic mass is 79.9. The van der Waals surface area contributed by atoms with Crippen molar-refractivity contribution in [3.63, 3.8) is 0 Å². The highest BCUT2D eigenvalue weighted by Crippen LogP contribution is 2.38. The van der Waals surface area contributed by atoms with Crippen LogP contribution in [0, 0.1) is 0 Å². The van der Waals surface area contributed by atoms with Crippen LogP contribution in [0.4, 0.5) is 0 Å². The standard InChI is InChI=1S/C12H8Br2Cl2/c13-5-9-10(6-14)12(16)8-4-2-1-3-7(8)11(9)15/h1-4H,5-6H2. The fraction of sp³-hybridized carbons (Fsp3) is 0.167. The Balaban J connectivity index is 2.93. The zero-order valence-electron chi connectivity index (χ0n) is 8.24. The molecule has 0 nitrogen and oxygen atoms in total. The molecule has 0 bridgehead atoms. The second-order valence-corrected chi connectivity index (χ2v) is 5.28. The molecule has 0 radical (unpaired) electrons. The maximum Gasteiger partial charge on any atom is 0.0529 e. The molecule has 2 aromatic carbocycles. The first-order chi connectivity index (χ1) is 7.70. The molecule has 0 aliphatic rings. The maximum atomic E-state index is 6.39. The number of fused-ring (bicyclic) bond motifs is 1. The number of halogens is 4. The van der Waals surface area contributed by atoms with E-state index in [1.54, 1.807) is 0 Å². The normalized spacial score (nSPS) is 11.0. The molecule has 0 heterocycles. The lowest BCUT2D eigenvalue weighted by molar-refractivity contribution is 1.32. The molecule has 84 valence electrons. The van der Waals surface area contributed by atoms with Crippen LogP contribution in [0.5, 0.6) is 0 Å². The Morgan fingerprint density at radius 3 is 1.50 bits per heavy atom. The monoisotopic (exact) mass is 380 g/mol. The van der Waals surface area contributed by atoms with Crippen molar-refractivity contribution < 1.29 is 0 Å². The predicted molar refractivity (Wildman–Crippen MR) is 79.2 cm³/mol. The number of alkyl halides is 2. The average molecular weight is 383 g/mol. The Morgan fingerprint density at radius 2 is 1.19 bits per heavy atom. The molecular formula is C12H8Br2Cl2. The van der Waals surface area contributed by atoms with E-state index in [0.717, 1.165) is 31.9 Å². The van der Waals surface area contributed by atoms with Gasteiger partial charge < -0.3 is 0 Å². The van der Waals surface area contributed by atoms with E-state index in [0.29, 0.717) is 10.7 Å². The Hall–Kier alpha value is 0.240. The second-order valence-electron chi connectivity index (χ2n) is 3.40. The Bertz CT molecular complexity index is 490. The van der Waals surface area contributed by atoms with Crippen molar-refractivity contribution in [2.24, 2.45) is 0 Å². The van der Waals surface area contributed by atoms with Crippen LogP contribution in [0.15, 0.2) is 24.3 Å². The minimum Gasteiger partial charge on any atom is -0.0876 e. The number of benzene rings is 2. The Labute approximate surface area is 121 Å². The van der Waals surface area contributed by atoms with Gasteiger partial charge in [-0.3, -0.25) is 0 Å². The molecule has 16 heavy (non-hydrogen) atoms. The molecule has 0 atom stereocenters. The molecule has 0 N–H and O–H groups in total. The van der Waals surface area contributed by atoms with Crippen LogP contribution >= 0.6 is 55.1 Å². The largest absolute Gasteiger partial charge is 0.0876 e. The van der Waals surface area contributed by atoms with Crippen molar-refractivity contribution in [1.29, 1.82) is 0 Å². The van der Waals surface area contributed by atoms with Gasteiger partial charge in [-0.05, 0) is 11.1 Å². The molecule has 0 saturated heterocycles. The van der Waals surface area contributed by atoms with Crippen LogP contribution in [0.3, 0.4) is 0 Å². The van der Waals surface area contributed by atoms with Gasteiger partial charge in [0.1, 0.15) is 0 Å². The van der Waals surface area contributed by atoms with Gasteiger partial charge >= 0.3 is 0 Å². The summed E-state index contributed by atoms with van der Waals surface area (Å²) in [6.07, 6.45) is 0. The lowest BCUT2D eigenvalue weighted by Crippen LogP contribution is -1.93. The molecule has 2 rings (SSSR count). The van der Waals surface area contributed by atoms with Crippen molar-refractivity contribution in [3.05, 3.63) is 45.4 Å². The van der Waals surface area contributed by atoms with Gasteiger partial charge in [0, 0.05) is 21.4 Å². The first kappa shape index (κ1) is 12.7. The van der Waals surface area contributed by atoms with Crippen molar-refractivity contribution in [2.45, 2.75) is 10.7 Å². The van der Waals surface area contributed by atoms with Gasteiger partial charge in [-0.15, -0.1) is 0 Å². The molecule has 0 aliphatic heterocycles. The summed E-state index contributed by atoms with van der Waals surface area (Å²) in [5.41, 5.74) is 2.12. The molecule has 0 amide bonds. The van der Waals surface area contributed by atoms with E-state index < -0.39 is 0 Å². The summed E-state index contributed by atoms with van der Waals surface area (Å²) in [4.78, 5) is 0. The molecule has 0 fully saturated rings. The Kier molecular flexibility index (Phi) is 4.17. The van der Waals surface area contributed by atoms with Gasteiger partial charge in [0.15, 0.2) is 0 Å². The number of hydrogen-bond donors (Lipinski definition) is 0. The van der Waals surface area contributed by atoms with E-state index >= 15 is 0 Å². The third-order valence-electron chi connectivity index (χ3n) is 2.56. The van der Waals surface area contributed by atoms with Gasteiger partial charge in [-0.25, -0.2) is 0 Å². The van der Waals surface area contributed by atoms with Crippen LogP contribution in [-0.4, -0.2) is 0 Å². The highest BCUT2D eigenvalue weighted by molar-refractivity contribution is 9.09. The molecule has 0 spiro atoms. The zero-order chi connectivity index (χ0) is 11.7. The van der Waals surface area contributed by atoms with E-state index in [-0.39, 0.29) is 0 Å². The predicted octanol–water partition coefficient (Wildman–Crippen LogP) is 5.94. The summed E-state index contributed by atoms with van der Waals surface area (Å²) in [7, 11) is 0. The molecule has 2 aromatic rings. The van der Waals surface area contributed by atoms with E-state index in [4.69, 9.17) is 23.2 Å². The topological polar surface area (TPSA) is 0 Å². The summed E-state index contributed by atoms with van der Waals surface area (Å²) in [5.74, 6) is 0. The lowest BCUT2D eigenvalue weighted by Gasteiger charge is -2.13. The first-order valence-electron chi connectivity index (χ1n) is 4.70. The van der Waals surface area contributed by atoms with E-state index in [2.05, 4.69) is 31.9 Å². The smallest absolute Gasteiger partial charge is 0.0529 e. The van der Waals surface area contributed by atoms with Gasteiger partial charge in [-0.1, -0.05) is 79.3 Å². The summed E-state index contributed by atoms with van der Waals surface area (Å²) in [6, 6.07) is 7.92. The van der Waals surface area contributed by atoms with E-state index in [1.807, 2.05) is 24.3 Å². The molecule has 0 aromatic heterocycles. The molecule has 0 aliphatic carbocycles. The van der Waals surface area contributed by atoms with Gasteiger partial charge in [0.25, 0.3) is 0 Å². The summed E-state index contributed by atoms with van der Waals surface area (Å²) < 4.78 is 0. The number of hydrogen-bond acceptors (Lipinski definition) is 0. The maximum absolute atomic E-state index is 6.39. The van der Waals surface area contributed by atoms with Crippen molar-refractivity contribution >= 4 is 65.8 Å². The fourth-order valence-corrected chi connectivity index (χ4v) is 3.99. The minimum atomic E-state index is 0.706. The van der Waals surface area contributed by atoms with Crippen LogP contribution in [0.2, 0.25) is 10.0 Å². The molecular weight excluding hydrogens is 375 g/mol. The van der Waals surface area contributed by atoms with E-state index in [9.17, 15) is 0 Å². The van der Waals surface area contributed by atoms with Crippen molar-refractivity contribution in [2.75, 3.05) is 0 Å². The average Bonchev–Trinajstić information content (AvgIpc) is 2.33. The third kappa shape index (κ3) is 2.01. The minimum absolute atomic E-state index is 0.706. The third-order valence-corrected chi connectivity index (χ3v) is 4.55. The van der Waals surface area contributed by atoms with Gasteiger partial charge in [-0.2, -0.15) is 0 Å². The van der Waals surface area contributed by atoms with Gasteiger partial charge in [0.2, 0.25) is 0 Å². The highest BCUT2D eigenvalue weighted by Gasteiger charge is 2.15. The van der Waals surface area contributed by atoms with Crippen LogP contribution in [0.1, 0.15) is 11.1 Å². The second kappa shape index (κ2) is 5.26. The zero-order valence-corrected chi connectivity index (χ0v) is 12.9. The molecule has 0 saturated carbocycles. The van der Waals surface area contributed by atoms with E-state index in [1.165, 1.54) is 0 Å².